The van der Waals surface area contributed by atoms with Crippen LogP contribution in [0.25, 0.3) is 27.5 Å². The Morgan fingerprint density at radius 1 is 0.588 bits per heavy atom. The Balaban J connectivity index is 2.10. The van der Waals surface area contributed by atoms with E-state index in [0.29, 0.717) is 22.1 Å². The van der Waals surface area contributed by atoms with E-state index in [4.69, 9.17) is 0 Å². The van der Waals surface area contributed by atoms with Crippen molar-refractivity contribution in [2.75, 3.05) is 0 Å². The standard InChI is InChI=1S/C27H13N7/c28-12-18(13-29)22(16-32)24-9-11-26(34-24)27(25-10-8-23(33-25)19(14-30)15-31)21-7-3-5-17-4-1-2-6-20(17)21/h1-11,33-34H/b27-25-. The van der Waals surface area contributed by atoms with Crippen molar-refractivity contribution in [2.45, 2.75) is 0 Å². The zero-order valence-corrected chi connectivity index (χ0v) is 17.6. The molecule has 0 amide bonds. The molecule has 34 heavy (non-hydrogen) atoms. The van der Waals surface area contributed by atoms with Gasteiger partial charge in [-0.1, -0.05) is 42.5 Å². The van der Waals surface area contributed by atoms with Gasteiger partial charge in [0.2, 0.25) is 0 Å². The zero-order chi connectivity index (χ0) is 24.1. The normalized spacial score (nSPS) is 10.7. The molecular formula is C27H13N7. The number of H-pyrrole nitrogens is 2. The van der Waals surface area contributed by atoms with Gasteiger partial charge in [-0.05, 0) is 40.6 Å². The topological polar surface area (TPSA) is 151 Å². The predicted octanol–water partition coefficient (Wildman–Crippen LogP) is 3.27. The number of nitrogens with one attached hydrogen (secondary N) is 2. The Hall–Kier alpha value is -5.81. The molecule has 0 aliphatic heterocycles. The van der Waals surface area contributed by atoms with Crippen molar-refractivity contribution in [2.24, 2.45) is 0 Å². The van der Waals surface area contributed by atoms with Crippen LogP contribution in [0.5, 0.6) is 0 Å². The lowest BCUT2D eigenvalue weighted by Crippen LogP contribution is -2.16. The van der Waals surface area contributed by atoms with E-state index in [1.807, 2.05) is 60.7 Å². The fourth-order valence-corrected chi connectivity index (χ4v) is 3.79. The Bertz CT molecular complexity index is 1770. The maximum Gasteiger partial charge on any atom is 0.153 e. The molecule has 0 saturated heterocycles. The molecule has 2 aromatic heterocycles. The van der Waals surface area contributed by atoms with Crippen LogP contribution in [0.4, 0.5) is 0 Å². The summed E-state index contributed by atoms with van der Waals surface area (Å²) in [6.07, 6.45) is 0. The number of benzene rings is 2. The van der Waals surface area contributed by atoms with Gasteiger partial charge in [-0.25, -0.2) is 0 Å². The van der Waals surface area contributed by atoms with E-state index in [-0.39, 0.29) is 16.7 Å². The van der Waals surface area contributed by atoms with Crippen LogP contribution in [0.3, 0.4) is 0 Å². The molecule has 0 saturated carbocycles. The van der Waals surface area contributed by atoms with E-state index >= 15 is 0 Å². The number of allylic oxidation sites excluding steroid dienone is 2. The average molecular weight is 435 g/mol. The number of aromatic amines is 2. The highest BCUT2D eigenvalue weighted by atomic mass is 14.7. The summed E-state index contributed by atoms with van der Waals surface area (Å²) in [5.74, 6) is 0. The number of aromatic nitrogens is 2. The highest BCUT2D eigenvalue weighted by molar-refractivity contribution is 5.97. The van der Waals surface area contributed by atoms with Crippen molar-refractivity contribution in [3.8, 4) is 30.3 Å². The van der Waals surface area contributed by atoms with Crippen LogP contribution >= 0.6 is 0 Å². The van der Waals surface area contributed by atoms with Crippen LogP contribution in [-0.2, 0) is 0 Å². The lowest BCUT2D eigenvalue weighted by atomic mass is 9.96. The maximum absolute atomic E-state index is 9.55. The van der Waals surface area contributed by atoms with E-state index in [0.717, 1.165) is 21.9 Å². The molecule has 2 N–H and O–H groups in total. The van der Waals surface area contributed by atoms with E-state index in [2.05, 4.69) is 9.97 Å². The molecule has 0 bridgehead atoms. The fourth-order valence-electron chi connectivity index (χ4n) is 3.79. The van der Waals surface area contributed by atoms with E-state index in [9.17, 15) is 26.3 Å². The molecule has 0 atom stereocenters. The lowest BCUT2D eigenvalue weighted by Gasteiger charge is -2.10. The minimum absolute atomic E-state index is 0.0434. The number of fused-ring (bicyclic) bond motifs is 1. The van der Waals surface area contributed by atoms with Crippen LogP contribution in [0.1, 0.15) is 17.0 Å². The number of nitrogens with zero attached hydrogens (tertiary/aromatic N) is 5. The first-order chi connectivity index (χ1) is 16.6. The summed E-state index contributed by atoms with van der Waals surface area (Å²) < 4.78 is 0. The number of rotatable bonds is 3. The van der Waals surface area contributed by atoms with Gasteiger partial charge in [-0.15, -0.1) is 0 Å². The van der Waals surface area contributed by atoms with Gasteiger partial charge in [0, 0.05) is 16.6 Å². The molecule has 0 fully saturated rings. The zero-order valence-electron chi connectivity index (χ0n) is 17.6. The molecule has 156 valence electrons. The average Bonchev–Trinajstić information content (AvgIpc) is 3.54. The Morgan fingerprint density at radius 3 is 1.97 bits per heavy atom. The first-order valence-corrected chi connectivity index (χ1v) is 10.0. The molecule has 2 aromatic carbocycles. The minimum atomic E-state index is -0.285. The van der Waals surface area contributed by atoms with Crippen LogP contribution in [0, 0.1) is 56.7 Å². The second kappa shape index (κ2) is 9.13. The third-order valence-electron chi connectivity index (χ3n) is 5.32. The monoisotopic (exact) mass is 435 g/mol. The van der Waals surface area contributed by atoms with Gasteiger partial charge in [-0.3, -0.25) is 0 Å². The van der Waals surface area contributed by atoms with Crippen LogP contribution in [0.2, 0.25) is 0 Å². The largest absolute Gasteiger partial charge is 0.354 e. The van der Waals surface area contributed by atoms with Crippen molar-refractivity contribution in [3.63, 3.8) is 0 Å². The van der Waals surface area contributed by atoms with E-state index in [1.54, 1.807) is 36.4 Å². The van der Waals surface area contributed by atoms with Crippen LogP contribution in [-0.4, -0.2) is 9.97 Å². The van der Waals surface area contributed by atoms with Gasteiger partial charge in [-0.2, -0.15) is 26.3 Å². The fraction of sp³-hybridized carbons (Fsp3) is 0. The SMILES string of the molecule is N#CC(C#N)=C(C#N)c1ccc(/C(c2cccc3ccccc23)=c2/ccc(=C(C#N)C#N)[nH]2)[nH]1. The molecule has 7 heteroatoms. The predicted molar refractivity (Wildman–Crippen MR) is 125 cm³/mol. The molecule has 2 heterocycles. The van der Waals surface area contributed by atoms with Gasteiger partial charge < -0.3 is 9.97 Å². The first kappa shape index (κ1) is 21.4. The third kappa shape index (κ3) is 3.68. The minimum Gasteiger partial charge on any atom is -0.354 e. The Kier molecular flexibility index (Phi) is 5.75. The van der Waals surface area contributed by atoms with Crippen LogP contribution < -0.4 is 10.7 Å². The Morgan fingerprint density at radius 2 is 1.26 bits per heavy atom. The van der Waals surface area contributed by atoms with E-state index < -0.39 is 0 Å². The van der Waals surface area contributed by atoms with Gasteiger partial charge in [0.25, 0.3) is 0 Å². The highest BCUT2D eigenvalue weighted by Crippen LogP contribution is 2.29. The summed E-state index contributed by atoms with van der Waals surface area (Å²) >= 11 is 0. The van der Waals surface area contributed by atoms with Crippen molar-refractivity contribution in [1.29, 1.82) is 26.3 Å². The van der Waals surface area contributed by atoms with Crippen molar-refractivity contribution >= 4 is 27.5 Å². The molecule has 7 nitrogen and oxygen atoms in total. The van der Waals surface area contributed by atoms with Gasteiger partial charge >= 0.3 is 0 Å². The summed E-state index contributed by atoms with van der Waals surface area (Å²) in [5.41, 5.74) is 2.19. The van der Waals surface area contributed by atoms with Crippen molar-refractivity contribution in [3.05, 3.63) is 100.0 Å². The molecule has 4 rings (SSSR count). The summed E-state index contributed by atoms with van der Waals surface area (Å²) in [4.78, 5) is 6.32. The van der Waals surface area contributed by atoms with E-state index in [1.165, 1.54) is 0 Å². The summed E-state index contributed by atoms with van der Waals surface area (Å²) in [6, 6.07) is 29.8. The third-order valence-corrected chi connectivity index (χ3v) is 5.32. The smallest absolute Gasteiger partial charge is 0.153 e. The molecular weight excluding hydrogens is 422 g/mol. The second-order valence-corrected chi connectivity index (χ2v) is 7.16. The molecule has 0 radical (unpaired) electrons. The molecule has 0 spiro atoms. The Labute approximate surface area is 194 Å². The maximum atomic E-state index is 9.55. The van der Waals surface area contributed by atoms with Crippen molar-refractivity contribution in [1.82, 2.24) is 9.97 Å². The molecule has 0 aliphatic carbocycles. The number of hydrogen-bond acceptors (Lipinski definition) is 5. The molecule has 0 aliphatic rings. The first-order valence-electron chi connectivity index (χ1n) is 10.0. The lowest BCUT2D eigenvalue weighted by molar-refractivity contribution is 1.23. The number of hydrogen-bond donors (Lipinski definition) is 2. The van der Waals surface area contributed by atoms with Crippen LogP contribution in [0.15, 0.2) is 72.3 Å². The summed E-state index contributed by atoms with van der Waals surface area (Å²) in [5, 5.41) is 49.5. The number of nitriles is 5. The van der Waals surface area contributed by atoms with Gasteiger partial charge in [0.1, 0.15) is 41.5 Å². The molecule has 4 aromatic rings. The summed E-state index contributed by atoms with van der Waals surface area (Å²) in [7, 11) is 0. The quantitative estimate of drug-likeness (QED) is 0.473. The van der Waals surface area contributed by atoms with Crippen molar-refractivity contribution < 1.29 is 0 Å². The molecule has 0 unspecified atom stereocenters. The highest BCUT2D eigenvalue weighted by Gasteiger charge is 2.16. The van der Waals surface area contributed by atoms with Gasteiger partial charge in [0.15, 0.2) is 5.57 Å². The second-order valence-electron chi connectivity index (χ2n) is 7.16. The summed E-state index contributed by atoms with van der Waals surface area (Å²) in [6.45, 7) is 0. The van der Waals surface area contributed by atoms with Gasteiger partial charge in [0.05, 0.1) is 11.0 Å².